The smallest absolute Gasteiger partial charge is 0.255 e. The molecule has 0 unspecified atom stereocenters. The maximum atomic E-state index is 12.6. The summed E-state index contributed by atoms with van der Waals surface area (Å²) in [6.45, 7) is 5.35. The van der Waals surface area contributed by atoms with Crippen LogP contribution in [0.1, 0.15) is 46.2 Å². The van der Waals surface area contributed by atoms with Gasteiger partial charge in [0.2, 0.25) is 0 Å². The number of likely N-dealkylation sites (tertiary alicyclic amines) is 1. The second-order valence-electron chi connectivity index (χ2n) is 5.78. The number of rotatable bonds is 2. The van der Waals surface area contributed by atoms with Gasteiger partial charge in [0.25, 0.3) is 5.91 Å². The Morgan fingerprint density at radius 2 is 1.95 bits per heavy atom. The zero-order valence-corrected chi connectivity index (χ0v) is 13.0. The molecule has 5 heteroatoms. The molecule has 114 valence electrons. The molecule has 0 radical (unpaired) electrons. The summed E-state index contributed by atoms with van der Waals surface area (Å²) < 4.78 is 0. The molecule has 1 aliphatic rings. The zero-order valence-electron chi connectivity index (χ0n) is 13.0. The summed E-state index contributed by atoms with van der Waals surface area (Å²) in [4.78, 5) is 27.5. The van der Waals surface area contributed by atoms with Crippen molar-refractivity contribution in [3.8, 4) is 0 Å². The molecular formula is C17H20N4O. The van der Waals surface area contributed by atoms with Gasteiger partial charge in [-0.15, -0.1) is 0 Å². The lowest BCUT2D eigenvalue weighted by Crippen LogP contribution is -2.38. The number of aromatic nitrogens is 3. The Kier molecular flexibility index (Phi) is 4.13. The largest absolute Gasteiger partial charge is 0.339 e. The fraction of sp³-hybridized carbons (Fsp3) is 0.412. The molecule has 0 aliphatic carbocycles. The van der Waals surface area contributed by atoms with Crippen molar-refractivity contribution < 1.29 is 4.79 Å². The zero-order chi connectivity index (χ0) is 15.5. The van der Waals surface area contributed by atoms with E-state index in [2.05, 4.69) is 15.0 Å². The first-order valence-electron chi connectivity index (χ1n) is 7.64. The Hall–Kier alpha value is -2.30. The molecule has 0 N–H and O–H groups in total. The number of aryl methyl sites for hydroxylation is 2. The van der Waals surface area contributed by atoms with Crippen LogP contribution in [0.2, 0.25) is 0 Å². The van der Waals surface area contributed by atoms with E-state index >= 15 is 0 Å². The molecule has 1 amide bonds. The standard InChI is InChI=1S/C17H20N4O/c1-12-3-4-15(13(2)20-12)17(22)21-9-5-14(6-10-21)16-11-18-7-8-19-16/h3-4,7-8,11,14H,5-6,9-10H2,1-2H3. The third-order valence-electron chi connectivity index (χ3n) is 4.24. The van der Waals surface area contributed by atoms with Crippen LogP contribution in [0.4, 0.5) is 0 Å². The highest BCUT2D eigenvalue weighted by molar-refractivity contribution is 5.95. The van der Waals surface area contributed by atoms with E-state index in [1.165, 1.54) is 0 Å². The van der Waals surface area contributed by atoms with Gasteiger partial charge in [-0.3, -0.25) is 19.7 Å². The number of carbonyl (C=O) groups is 1. The first-order chi connectivity index (χ1) is 10.6. The number of amides is 1. The summed E-state index contributed by atoms with van der Waals surface area (Å²) in [6, 6.07) is 3.78. The molecule has 3 rings (SSSR count). The number of pyridine rings is 1. The predicted molar refractivity (Wildman–Crippen MR) is 83.6 cm³/mol. The van der Waals surface area contributed by atoms with E-state index in [9.17, 15) is 4.79 Å². The van der Waals surface area contributed by atoms with Crippen molar-refractivity contribution >= 4 is 5.91 Å². The van der Waals surface area contributed by atoms with Gasteiger partial charge < -0.3 is 4.90 Å². The van der Waals surface area contributed by atoms with E-state index in [0.717, 1.165) is 43.0 Å². The molecule has 0 spiro atoms. The first kappa shape index (κ1) is 14.6. The summed E-state index contributed by atoms with van der Waals surface area (Å²) in [5.74, 6) is 0.484. The minimum Gasteiger partial charge on any atom is -0.339 e. The minimum absolute atomic E-state index is 0.0857. The van der Waals surface area contributed by atoms with E-state index < -0.39 is 0 Å². The van der Waals surface area contributed by atoms with Crippen LogP contribution >= 0.6 is 0 Å². The maximum Gasteiger partial charge on any atom is 0.255 e. The fourth-order valence-electron chi connectivity index (χ4n) is 2.98. The maximum absolute atomic E-state index is 12.6. The molecule has 0 saturated carbocycles. The van der Waals surface area contributed by atoms with E-state index in [4.69, 9.17) is 0 Å². The van der Waals surface area contributed by atoms with Crippen LogP contribution in [0.25, 0.3) is 0 Å². The minimum atomic E-state index is 0.0857. The van der Waals surface area contributed by atoms with Crippen LogP contribution in [0, 0.1) is 13.8 Å². The van der Waals surface area contributed by atoms with E-state index in [1.54, 1.807) is 12.4 Å². The highest BCUT2D eigenvalue weighted by Gasteiger charge is 2.26. The molecule has 1 saturated heterocycles. The topological polar surface area (TPSA) is 59.0 Å². The Morgan fingerprint density at radius 1 is 1.18 bits per heavy atom. The summed E-state index contributed by atoms with van der Waals surface area (Å²) in [7, 11) is 0. The predicted octanol–water partition coefficient (Wildman–Crippen LogP) is 2.51. The Morgan fingerprint density at radius 3 is 2.59 bits per heavy atom. The van der Waals surface area contributed by atoms with Gasteiger partial charge in [-0.25, -0.2) is 0 Å². The lowest BCUT2D eigenvalue weighted by Gasteiger charge is -2.31. The first-order valence-corrected chi connectivity index (χ1v) is 7.64. The van der Waals surface area contributed by atoms with Crippen LogP contribution in [-0.2, 0) is 0 Å². The second kappa shape index (κ2) is 6.22. The molecule has 5 nitrogen and oxygen atoms in total. The molecule has 2 aromatic heterocycles. The Labute approximate surface area is 130 Å². The van der Waals surface area contributed by atoms with E-state index in [-0.39, 0.29) is 5.91 Å². The van der Waals surface area contributed by atoms with Crippen molar-refractivity contribution in [2.24, 2.45) is 0 Å². The van der Waals surface area contributed by atoms with Crippen LogP contribution in [-0.4, -0.2) is 38.8 Å². The summed E-state index contributed by atoms with van der Waals surface area (Å²) in [5.41, 5.74) is 3.49. The molecule has 2 aromatic rings. The van der Waals surface area contributed by atoms with E-state index in [0.29, 0.717) is 11.5 Å². The fourth-order valence-corrected chi connectivity index (χ4v) is 2.98. The average Bonchev–Trinajstić information content (AvgIpc) is 2.55. The summed E-state index contributed by atoms with van der Waals surface area (Å²) in [6.07, 6.45) is 7.12. The average molecular weight is 296 g/mol. The monoisotopic (exact) mass is 296 g/mol. The van der Waals surface area contributed by atoms with Crippen LogP contribution in [0.15, 0.2) is 30.7 Å². The van der Waals surface area contributed by atoms with Crippen molar-refractivity contribution in [1.29, 1.82) is 0 Å². The second-order valence-corrected chi connectivity index (χ2v) is 5.78. The Bertz CT molecular complexity index is 664. The third-order valence-corrected chi connectivity index (χ3v) is 4.24. The SMILES string of the molecule is Cc1ccc(C(=O)N2CCC(c3cnccn3)CC2)c(C)n1. The summed E-state index contributed by atoms with van der Waals surface area (Å²) in [5, 5.41) is 0. The van der Waals surface area contributed by atoms with Gasteiger partial charge in [-0.05, 0) is 38.8 Å². The highest BCUT2D eigenvalue weighted by atomic mass is 16.2. The van der Waals surface area contributed by atoms with Gasteiger partial charge in [0.05, 0.1) is 17.0 Å². The number of hydrogen-bond donors (Lipinski definition) is 0. The Balaban J connectivity index is 1.67. The van der Waals surface area contributed by atoms with Crippen molar-refractivity contribution in [2.75, 3.05) is 13.1 Å². The van der Waals surface area contributed by atoms with Crippen LogP contribution in [0.5, 0.6) is 0 Å². The van der Waals surface area contributed by atoms with Gasteiger partial charge in [0, 0.05) is 43.3 Å². The van der Waals surface area contributed by atoms with Crippen molar-refractivity contribution in [2.45, 2.75) is 32.6 Å². The molecule has 1 fully saturated rings. The quantitative estimate of drug-likeness (QED) is 0.854. The number of piperidine rings is 1. The lowest BCUT2D eigenvalue weighted by molar-refractivity contribution is 0.0711. The van der Waals surface area contributed by atoms with Gasteiger partial charge in [0.15, 0.2) is 0 Å². The lowest BCUT2D eigenvalue weighted by atomic mass is 9.93. The molecule has 0 atom stereocenters. The van der Waals surface area contributed by atoms with Crippen molar-refractivity contribution in [1.82, 2.24) is 19.9 Å². The molecule has 1 aliphatic heterocycles. The molecule has 0 aromatic carbocycles. The molecule has 0 bridgehead atoms. The van der Waals surface area contributed by atoms with Crippen LogP contribution in [0.3, 0.4) is 0 Å². The van der Waals surface area contributed by atoms with Gasteiger partial charge in [-0.1, -0.05) is 0 Å². The van der Waals surface area contributed by atoms with Gasteiger partial charge in [0.1, 0.15) is 0 Å². The van der Waals surface area contributed by atoms with E-state index in [1.807, 2.05) is 37.1 Å². The molecule has 3 heterocycles. The number of hydrogen-bond acceptors (Lipinski definition) is 4. The molecule has 22 heavy (non-hydrogen) atoms. The van der Waals surface area contributed by atoms with Crippen molar-refractivity contribution in [3.05, 3.63) is 53.4 Å². The number of nitrogens with zero attached hydrogens (tertiary/aromatic N) is 4. The third kappa shape index (κ3) is 2.98. The normalized spacial score (nSPS) is 15.8. The van der Waals surface area contributed by atoms with Gasteiger partial charge >= 0.3 is 0 Å². The van der Waals surface area contributed by atoms with Gasteiger partial charge in [-0.2, -0.15) is 0 Å². The highest BCUT2D eigenvalue weighted by Crippen LogP contribution is 2.27. The molecular weight excluding hydrogens is 276 g/mol. The van der Waals surface area contributed by atoms with Crippen molar-refractivity contribution in [3.63, 3.8) is 0 Å². The summed E-state index contributed by atoms with van der Waals surface area (Å²) >= 11 is 0. The number of carbonyl (C=O) groups excluding carboxylic acids is 1. The van der Waals surface area contributed by atoms with Crippen LogP contribution < -0.4 is 0 Å².